The Morgan fingerprint density at radius 2 is 1.79 bits per heavy atom. The molecule has 1 saturated heterocycles. The van der Waals surface area contributed by atoms with E-state index in [4.69, 9.17) is 4.74 Å². The lowest BCUT2D eigenvalue weighted by molar-refractivity contribution is -0.148. The van der Waals surface area contributed by atoms with Gasteiger partial charge in [-0.3, -0.25) is 4.79 Å². The molecule has 1 aromatic rings. The summed E-state index contributed by atoms with van der Waals surface area (Å²) in [5.74, 6) is -0.164. The lowest BCUT2D eigenvalue weighted by Gasteiger charge is -2.16. The second-order valence-corrected chi connectivity index (χ2v) is 7.79. The van der Waals surface area contributed by atoms with Gasteiger partial charge in [0.25, 0.3) is 10.0 Å². The molecule has 1 N–H and O–H groups in total. The molecule has 1 aromatic carbocycles. The monoisotopic (exact) mass is 352 g/mol. The molecule has 7 heteroatoms. The molecule has 1 atom stereocenters. The van der Waals surface area contributed by atoms with Crippen LogP contribution in [-0.2, 0) is 19.6 Å². The van der Waals surface area contributed by atoms with Crippen molar-refractivity contribution in [3.8, 4) is 0 Å². The fourth-order valence-electron chi connectivity index (χ4n) is 2.44. The minimum Gasteiger partial charge on any atom is -0.463 e. The van der Waals surface area contributed by atoms with Gasteiger partial charge in [0.2, 0.25) is 0 Å². The highest BCUT2D eigenvalue weighted by atomic mass is 32.2. The zero-order valence-electron chi connectivity index (χ0n) is 14.1. The number of sulfonamides is 1. The molecular weight excluding hydrogens is 328 g/mol. The highest BCUT2D eigenvalue weighted by Crippen LogP contribution is 2.14. The first-order chi connectivity index (χ1) is 11.4. The van der Waals surface area contributed by atoms with Gasteiger partial charge in [0, 0.05) is 12.1 Å². The first-order valence-electron chi connectivity index (χ1n) is 8.20. The van der Waals surface area contributed by atoms with Crippen molar-refractivity contribution in [1.82, 2.24) is 4.83 Å². The van der Waals surface area contributed by atoms with Gasteiger partial charge in [-0.1, -0.05) is 17.7 Å². The van der Waals surface area contributed by atoms with Crippen LogP contribution in [0.1, 0.15) is 51.0 Å². The average molecular weight is 352 g/mol. The van der Waals surface area contributed by atoms with Gasteiger partial charge in [-0.2, -0.15) is 13.5 Å². The summed E-state index contributed by atoms with van der Waals surface area (Å²) in [5.41, 5.74) is 1.78. The molecule has 6 nitrogen and oxygen atoms in total. The summed E-state index contributed by atoms with van der Waals surface area (Å²) in [6.07, 6.45) is 3.63. The van der Waals surface area contributed by atoms with Gasteiger partial charge in [-0.15, -0.1) is 0 Å². The lowest BCUT2D eigenvalue weighted by Crippen LogP contribution is -2.22. The summed E-state index contributed by atoms with van der Waals surface area (Å²) in [5, 5.41) is 4.12. The van der Waals surface area contributed by atoms with Crippen molar-refractivity contribution in [3.05, 3.63) is 29.8 Å². The Hall–Kier alpha value is -1.89. The summed E-state index contributed by atoms with van der Waals surface area (Å²) in [6.45, 7) is 3.74. The highest BCUT2D eigenvalue weighted by Gasteiger charge is 2.16. The fraction of sp³-hybridized carbons (Fsp3) is 0.529. The quantitative estimate of drug-likeness (QED) is 0.669. The van der Waals surface area contributed by atoms with Gasteiger partial charge in [-0.25, -0.2) is 4.83 Å². The average Bonchev–Trinajstić information content (AvgIpc) is 2.53. The maximum Gasteiger partial charge on any atom is 0.306 e. The van der Waals surface area contributed by atoms with Crippen molar-refractivity contribution in [1.29, 1.82) is 0 Å². The Balaban J connectivity index is 2.05. The van der Waals surface area contributed by atoms with Gasteiger partial charge in [0.15, 0.2) is 0 Å². The third kappa shape index (κ3) is 5.63. The fourth-order valence-corrected chi connectivity index (χ4v) is 3.29. The molecule has 1 heterocycles. The van der Waals surface area contributed by atoms with E-state index >= 15 is 0 Å². The number of esters is 1. The number of cyclic esters (lactones) is 1. The number of nitrogens with zero attached hydrogens (tertiary/aromatic N) is 1. The first kappa shape index (κ1) is 18.4. The molecular formula is C17H24N2O4S. The molecule has 0 amide bonds. The molecule has 0 saturated carbocycles. The smallest absolute Gasteiger partial charge is 0.306 e. The molecule has 2 rings (SSSR count). The van der Waals surface area contributed by atoms with E-state index in [0.29, 0.717) is 25.7 Å². The topological polar surface area (TPSA) is 84.8 Å². The van der Waals surface area contributed by atoms with E-state index in [1.807, 2.05) is 13.8 Å². The molecule has 0 bridgehead atoms. The predicted octanol–water partition coefficient (Wildman–Crippen LogP) is 2.92. The van der Waals surface area contributed by atoms with Crippen molar-refractivity contribution in [3.63, 3.8) is 0 Å². The van der Waals surface area contributed by atoms with E-state index in [1.165, 1.54) is 0 Å². The van der Waals surface area contributed by atoms with Crippen molar-refractivity contribution in [2.75, 3.05) is 0 Å². The number of hydrazone groups is 1. The molecule has 1 aliphatic heterocycles. The Morgan fingerprint density at radius 1 is 1.12 bits per heavy atom. The number of hydrogen-bond donors (Lipinski definition) is 1. The summed E-state index contributed by atoms with van der Waals surface area (Å²) < 4.78 is 29.8. The predicted molar refractivity (Wildman–Crippen MR) is 92.2 cm³/mol. The molecule has 0 spiro atoms. The standard InChI is InChI=1S/C17H24N2O4S/c1-13-7-11-16(12-8-13)24(21,22)19-18-15-5-3-4-6-17(20)23-14(2)9-10-15/h7-8,11-12,14,19H,3-6,9-10H2,1-2H3/b18-15-. The van der Waals surface area contributed by atoms with Crippen LogP contribution in [0.4, 0.5) is 0 Å². The minimum absolute atomic E-state index is 0.164. The van der Waals surface area contributed by atoms with Crippen molar-refractivity contribution >= 4 is 21.7 Å². The number of benzene rings is 1. The van der Waals surface area contributed by atoms with E-state index in [2.05, 4.69) is 9.93 Å². The van der Waals surface area contributed by atoms with Gasteiger partial charge in [-0.05, 0) is 58.1 Å². The summed E-state index contributed by atoms with van der Waals surface area (Å²) in [7, 11) is -3.66. The van der Waals surface area contributed by atoms with Crippen LogP contribution in [0.25, 0.3) is 0 Å². The maximum absolute atomic E-state index is 12.3. The Morgan fingerprint density at radius 3 is 2.50 bits per heavy atom. The van der Waals surface area contributed by atoms with Gasteiger partial charge >= 0.3 is 5.97 Å². The third-order valence-corrected chi connectivity index (χ3v) is 5.15. The zero-order valence-corrected chi connectivity index (χ0v) is 14.9. The molecule has 1 unspecified atom stereocenters. The van der Waals surface area contributed by atoms with Gasteiger partial charge < -0.3 is 4.74 Å². The SMILES string of the molecule is Cc1ccc(S(=O)(=O)N/N=C2/CCCCC(=O)OC(C)CC2)cc1. The molecule has 1 fully saturated rings. The van der Waals surface area contributed by atoms with Crippen LogP contribution < -0.4 is 4.83 Å². The first-order valence-corrected chi connectivity index (χ1v) is 9.68. The summed E-state index contributed by atoms with van der Waals surface area (Å²) in [4.78, 5) is 14.0. The maximum atomic E-state index is 12.3. The molecule has 132 valence electrons. The van der Waals surface area contributed by atoms with E-state index in [-0.39, 0.29) is 17.0 Å². The second-order valence-electron chi connectivity index (χ2n) is 6.13. The molecule has 0 aromatic heterocycles. The van der Waals surface area contributed by atoms with Crippen molar-refractivity contribution < 1.29 is 17.9 Å². The van der Waals surface area contributed by atoms with Crippen LogP contribution in [-0.4, -0.2) is 26.2 Å². The van der Waals surface area contributed by atoms with E-state index in [1.54, 1.807) is 24.3 Å². The second kappa shape index (κ2) is 8.28. The number of aryl methyl sites for hydroxylation is 1. The van der Waals surface area contributed by atoms with Crippen LogP contribution >= 0.6 is 0 Å². The summed E-state index contributed by atoms with van der Waals surface area (Å²) >= 11 is 0. The normalized spacial score (nSPS) is 22.0. The van der Waals surface area contributed by atoms with Crippen LogP contribution in [0, 0.1) is 6.92 Å². The van der Waals surface area contributed by atoms with E-state index < -0.39 is 10.0 Å². The van der Waals surface area contributed by atoms with Gasteiger partial charge in [0.05, 0.1) is 11.0 Å². The number of carbonyl (C=O) groups excluding carboxylic acids is 1. The van der Waals surface area contributed by atoms with Crippen molar-refractivity contribution in [2.45, 2.75) is 63.4 Å². The van der Waals surface area contributed by atoms with Crippen LogP contribution in [0.3, 0.4) is 0 Å². The van der Waals surface area contributed by atoms with Crippen LogP contribution in [0.2, 0.25) is 0 Å². The number of rotatable bonds is 3. The third-order valence-electron chi connectivity index (χ3n) is 3.92. The van der Waals surface area contributed by atoms with E-state index in [0.717, 1.165) is 24.1 Å². The Labute approximate surface area is 143 Å². The highest BCUT2D eigenvalue weighted by molar-refractivity contribution is 7.89. The molecule has 1 aliphatic rings. The Bertz CT molecular complexity index is 696. The largest absolute Gasteiger partial charge is 0.463 e. The molecule has 0 radical (unpaired) electrons. The number of nitrogens with one attached hydrogen (secondary N) is 1. The zero-order chi connectivity index (χ0) is 17.6. The van der Waals surface area contributed by atoms with E-state index in [9.17, 15) is 13.2 Å². The molecule has 0 aliphatic carbocycles. The number of hydrogen-bond acceptors (Lipinski definition) is 5. The van der Waals surface area contributed by atoms with Crippen LogP contribution in [0.15, 0.2) is 34.3 Å². The van der Waals surface area contributed by atoms with Crippen LogP contribution in [0.5, 0.6) is 0 Å². The van der Waals surface area contributed by atoms with Crippen molar-refractivity contribution in [2.24, 2.45) is 5.10 Å². The minimum atomic E-state index is -3.66. The van der Waals surface area contributed by atoms with Gasteiger partial charge in [0.1, 0.15) is 0 Å². The Kier molecular flexibility index (Phi) is 6.36. The molecule has 24 heavy (non-hydrogen) atoms. The lowest BCUT2D eigenvalue weighted by atomic mass is 10.0. The summed E-state index contributed by atoms with van der Waals surface area (Å²) in [6, 6.07) is 6.63. The number of carbonyl (C=O) groups is 1. The number of ether oxygens (including phenoxy) is 1.